The van der Waals surface area contributed by atoms with E-state index in [0.29, 0.717) is 43.0 Å². The van der Waals surface area contributed by atoms with Gasteiger partial charge in [-0.25, -0.2) is 4.98 Å². The third kappa shape index (κ3) is 6.26. The lowest BCUT2D eigenvalue weighted by molar-refractivity contribution is -0.142. The molecule has 1 aliphatic heterocycles. The number of aryl methyl sites for hydroxylation is 1. The third-order valence-corrected chi connectivity index (χ3v) is 6.91. The Balaban J connectivity index is 1.52. The van der Waals surface area contributed by atoms with Gasteiger partial charge in [0, 0.05) is 38.8 Å². The Morgan fingerprint density at radius 3 is 2.45 bits per heavy atom. The summed E-state index contributed by atoms with van der Waals surface area (Å²) in [7, 11) is 1.38. The summed E-state index contributed by atoms with van der Waals surface area (Å²) in [5, 5.41) is 7.98. The van der Waals surface area contributed by atoms with Gasteiger partial charge in [0.15, 0.2) is 22.3 Å². The Morgan fingerprint density at radius 1 is 0.975 bits per heavy atom. The molecule has 0 saturated heterocycles. The molecular weight excluding hydrogens is 545 g/mol. The van der Waals surface area contributed by atoms with Crippen LogP contribution in [0.4, 0.5) is 13.2 Å². The first-order chi connectivity index (χ1) is 19.2. The monoisotopic (exact) mass is 574 g/mol. The number of hydrogen-bond acceptors (Lipinski definition) is 6. The largest absolute Gasteiger partial charge is 0.486 e. The Kier molecular flexibility index (Phi) is 8.32. The SMILES string of the molecule is CCCCn1c(-c2ccccc2)nc(Cl)c1CN(Cc1ccc2c(c1)OCCO2)Cc1nn(C)nc1C(F)(F)F. The number of nitrogens with zero attached hydrogens (tertiary/aromatic N) is 6. The first-order valence-corrected chi connectivity index (χ1v) is 13.5. The van der Waals surface area contributed by atoms with E-state index >= 15 is 0 Å². The number of halogens is 4. The summed E-state index contributed by atoms with van der Waals surface area (Å²) in [4.78, 5) is 7.49. The van der Waals surface area contributed by atoms with E-state index in [1.807, 2.05) is 53.4 Å². The molecule has 1 aliphatic rings. The highest BCUT2D eigenvalue weighted by atomic mass is 35.5. The quantitative estimate of drug-likeness (QED) is 0.227. The molecule has 5 rings (SSSR count). The van der Waals surface area contributed by atoms with Crippen molar-refractivity contribution in [1.29, 1.82) is 0 Å². The van der Waals surface area contributed by atoms with Crippen molar-refractivity contribution < 1.29 is 22.6 Å². The number of rotatable bonds is 10. The fourth-order valence-corrected chi connectivity index (χ4v) is 5.02. The zero-order valence-electron chi connectivity index (χ0n) is 22.3. The lowest BCUT2D eigenvalue weighted by Gasteiger charge is -2.25. The predicted molar refractivity (Wildman–Crippen MR) is 144 cm³/mol. The van der Waals surface area contributed by atoms with E-state index in [1.54, 1.807) is 0 Å². The molecule has 3 heterocycles. The molecule has 0 spiro atoms. The molecule has 0 amide bonds. The van der Waals surface area contributed by atoms with Crippen LogP contribution in [-0.2, 0) is 39.4 Å². The molecule has 0 N–H and O–H groups in total. The van der Waals surface area contributed by atoms with Crippen molar-refractivity contribution in [1.82, 2.24) is 29.4 Å². The number of aromatic nitrogens is 5. The van der Waals surface area contributed by atoms with Crippen LogP contribution in [0.1, 0.15) is 42.4 Å². The first kappa shape index (κ1) is 28.0. The van der Waals surface area contributed by atoms with Crippen LogP contribution in [0.25, 0.3) is 11.4 Å². The Labute approximate surface area is 235 Å². The molecular formula is C28H30ClF3N6O2. The van der Waals surface area contributed by atoms with Gasteiger partial charge in [0.1, 0.15) is 24.7 Å². The van der Waals surface area contributed by atoms with Crippen molar-refractivity contribution in [3.05, 3.63) is 76.3 Å². The number of imidazole rings is 1. The second-order valence-electron chi connectivity index (χ2n) is 9.65. The maximum absolute atomic E-state index is 13.8. The Bertz CT molecular complexity index is 1450. The maximum atomic E-state index is 13.8. The highest BCUT2D eigenvalue weighted by Gasteiger charge is 2.38. The van der Waals surface area contributed by atoms with Crippen LogP contribution in [0.5, 0.6) is 11.5 Å². The van der Waals surface area contributed by atoms with Crippen molar-refractivity contribution in [3.63, 3.8) is 0 Å². The highest BCUT2D eigenvalue weighted by molar-refractivity contribution is 6.30. The minimum absolute atomic E-state index is 0.104. The maximum Gasteiger partial charge on any atom is 0.437 e. The van der Waals surface area contributed by atoms with E-state index < -0.39 is 11.9 Å². The molecule has 0 aliphatic carbocycles. The van der Waals surface area contributed by atoms with Crippen LogP contribution in [0.2, 0.25) is 5.15 Å². The zero-order chi connectivity index (χ0) is 28.3. The van der Waals surface area contributed by atoms with Gasteiger partial charge in [-0.1, -0.05) is 61.3 Å². The minimum Gasteiger partial charge on any atom is -0.486 e. The summed E-state index contributed by atoms with van der Waals surface area (Å²) in [5.74, 6) is 1.98. The summed E-state index contributed by atoms with van der Waals surface area (Å²) in [5.41, 5.74) is 1.33. The topological polar surface area (TPSA) is 70.2 Å². The fraction of sp³-hybridized carbons (Fsp3) is 0.393. The molecule has 2 aromatic carbocycles. The van der Waals surface area contributed by atoms with Gasteiger partial charge in [-0.15, -0.1) is 5.10 Å². The van der Waals surface area contributed by atoms with E-state index in [0.717, 1.165) is 40.3 Å². The summed E-state index contributed by atoms with van der Waals surface area (Å²) in [6.07, 6.45) is -2.78. The number of alkyl halides is 3. The highest BCUT2D eigenvalue weighted by Crippen LogP contribution is 2.34. The third-order valence-electron chi connectivity index (χ3n) is 6.60. The lowest BCUT2D eigenvalue weighted by Crippen LogP contribution is -2.26. The van der Waals surface area contributed by atoms with Gasteiger partial charge < -0.3 is 14.0 Å². The van der Waals surface area contributed by atoms with E-state index in [2.05, 4.69) is 26.7 Å². The second kappa shape index (κ2) is 11.9. The smallest absolute Gasteiger partial charge is 0.437 e. The summed E-state index contributed by atoms with van der Waals surface area (Å²) < 4.78 is 54.9. The van der Waals surface area contributed by atoms with Crippen molar-refractivity contribution in [2.24, 2.45) is 7.05 Å². The minimum atomic E-state index is -4.63. The van der Waals surface area contributed by atoms with Gasteiger partial charge in [-0.3, -0.25) is 4.90 Å². The second-order valence-corrected chi connectivity index (χ2v) is 10.0. The van der Waals surface area contributed by atoms with Gasteiger partial charge >= 0.3 is 6.18 Å². The molecule has 12 heteroatoms. The van der Waals surface area contributed by atoms with Crippen LogP contribution in [0.15, 0.2) is 48.5 Å². The first-order valence-electron chi connectivity index (χ1n) is 13.1. The van der Waals surface area contributed by atoms with Crippen LogP contribution >= 0.6 is 11.6 Å². The molecule has 0 unspecified atom stereocenters. The summed E-state index contributed by atoms with van der Waals surface area (Å²) in [6.45, 7) is 4.12. The number of benzene rings is 2. The number of unbranched alkanes of at least 4 members (excludes halogenated alkanes) is 1. The number of ether oxygens (including phenoxy) is 2. The van der Waals surface area contributed by atoms with Crippen molar-refractivity contribution >= 4 is 11.6 Å². The molecule has 4 aromatic rings. The molecule has 8 nitrogen and oxygen atoms in total. The van der Waals surface area contributed by atoms with Crippen molar-refractivity contribution in [3.8, 4) is 22.9 Å². The van der Waals surface area contributed by atoms with Crippen molar-refractivity contribution in [2.45, 2.75) is 52.1 Å². The van der Waals surface area contributed by atoms with E-state index in [1.165, 1.54) is 7.05 Å². The van der Waals surface area contributed by atoms with Crippen LogP contribution in [0.3, 0.4) is 0 Å². The van der Waals surface area contributed by atoms with Gasteiger partial charge in [-0.05, 0) is 24.1 Å². The predicted octanol–water partition coefficient (Wildman–Crippen LogP) is 6.12. The summed E-state index contributed by atoms with van der Waals surface area (Å²) in [6, 6.07) is 15.3. The lowest BCUT2D eigenvalue weighted by atomic mass is 10.1. The zero-order valence-corrected chi connectivity index (χ0v) is 23.0. The molecule has 0 bridgehead atoms. The van der Waals surface area contributed by atoms with Gasteiger partial charge in [0.2, 0.25) is 0 Å². The number of fused-ring (bicyclic) bond motifs is 1. The van der Waals surface area contributed by atoms with Gasteiger partial charge in [0.05, 0.1) is 5.69 Å². The molecule has 0 saturated carbocycles. The Hall–Kier alpha value is -3.57. The molecule has 2 aromatic heterocycles. The average Bonchev–Trinajstić information content (AvgIpc) is 3.46. The number of hydrogen-bond donors (Lipinski definition) is 0. The van der Waals surface area contributed by atoms with E-state index in [9.17, 15) is 13.2 Å². The fourth-order valence-electron chi connectivity index (χ4n) is 4.78. The molecule has 0 radical (unpaired) electrons. The van der Waals surface area contributed by atoms with Crippen LogP contribution < -0.4 is 9.47 Å². The normalized spacial score (nSPS) is 13.3. The summed E-state index contributed by atoms with van der Waals surface area (Å²) >= 11 is 6.72. The standard InChI is InChI=1S/C28H30ClF3N6O2/c1-3-4-12-38-22(26(29)33-27(38)20-8-6-5-7-9-20)18-37(17-21-25(28(30,31)32)35-36(2)34-21)16-19-10-11-23-24(15-19)40-14-13-39-23/h5-11,15H,3-4,12-14,16-18H2,1-2H3. The molecule has 0 atom stereocenters. The average molecular weight is 575 g/mol. The van der Waals surface area contributed by atoms with Crippen LogP contribution in [0, 0.1) is 0 Å². The van der Waals surface area contributed by atoms with Crippen LogP contribution in [-0.4, -0.2) is 42.7 Å². The van der Waals surface area contributed by atoms with Gasteiger partial charge in [0.25, 0.3) is 0 Å². The van der Waals surface area contributed by atoms with Gasteiger partial charge in [-0.2, -0.15) is 23.1 Å². The molecule has 40 heavy (non-hydrogen) atoms. The van der Waals surface area contributed by atoms with E-state index in [-0.39, 0.29) is 18.8 Å². The van der Waals surface area contributed by atoms with E-state index in [4.69, 9.17) is 21.1 Å². The molecule has 212 valence electrons. The van der Waals surface area contributed by atoms with Crippen molar-refractivity contribution in [2.75, 3.05) is 13.2 Å². The molecule has 0 fully saturated rings. The Morgan fingerprint density at radius 2 is 1.73 bits per heavy atom.